The first-order valence-electron chi connectivity index (χ1n) is 2.69. The van der Waals surface area contributed by atoms with E-state index in [0.717, 1.165) is 3.57 Å². The summed E-state index contributed by atoms with van der Waals surface area (Å²) in [7, 11) is 0. The molecule has 0 spiro atoms. The van der Waals surface area contributed by atoms with Gasteiger partial charge in [-0.25, -0.2) is 4.79 Å². The van der Waals surface area contributed by atoms with Crippen molar-refractivity contribution in [3.63, 3.8) is 0 Å². The van der Waals surface area contributed by atoms with Gasteiger partial charge in [0.1, 0.15) is 0 Å². The summed E-state index contributed by atoms with van der Waals surface area (Å²) in [6.45, 7) is 0. The molecule has 0 heterocycles. The molecule has 4 heteroatoms. The summed E-state index contributed by atoms with van der Waals surface area (Å²) in [6, 6.07) is 6.88. The number of carboxylic acid groups (broad SMARTS) is 1. The molecule has 0 amide bonds. The molecule has 0 radical (unpaired) electrons. The fraction of sp³-hybridized carbons (Fsp3) is 0. The predicted molar refractivity (Wildman–Crippen MR) is 53.3 cm³/mol. The summed E-state index contributed by atoms with van der Waals surface area (Å²) < 4.78 is 0.771. The predicted octanol–water partition coefficient (Wildman–Crippen LogP) is 1.34. The zero-order valence-corrected chi connectivity index (χ0v) is 7.20. The summed E-state index contributed by atoms with van der Waals surface area (Å²) >= 11 is 1.99. The Kier molecular flexibility index (Phi) is 5.33. The van der Waals surface area contributed by atoms with Crippen molar-refractivity contribution < 1.29 is 9.90 Å². The third kappa shape index (κ3) is 3.11. The zero-order chi connectivity index (χ0) is 7.56. The van der Waals surface area contributed by atoms with Crippen molar-refractivity contribution in [3.05, 3.63) is 33.4 Å². The van der Waals surface area contributed by atoms with E-state index in [4.69, 9.17) is 5.11 Å². The second-order valence-electron chi connectivity index (χ2n) is 1.78. The third-order valence-corrected chi connectivity index (χ3v) is 2.04. The standard InChI is InChI=1S/C7H5IO2.Na.H/c8-6-4-2-1-3-5(6)7(9)10;;/h1-4H,(H,9,10);;. The molecule has 2 nitrogen and oxygen atoms in total. The Bertz CT molecular complexity index is 262. The quantitative estimate of drug-likeness (QED) is 0.618. The molecule has 1 aromatic carbocycles. The zero-order valence-electron chi connectivity index (χ0n) is 5.04. The Labute approximate surface area is 100 Å². The maximum atomic E-state index is 10.4. The van der Waals surface area contributed by atoms with Crippen molar-refractivity contribution in [3.8, 4) is 0 Å². The topological polar surface area (TPSA) is 37.3 Å². The molecule has 0 aliphatic heterocycles. The van der Waals surface area contributed by atoms with Crippen LogP contribution in [-0.2, 0) is 0 Å². The van der Waals surface area contributed by atoms with E-state index in [9.17, 15) is 4.79 Å². The molecule has 0 unspecified atom stereocenters. The van der Waals surface area contributed by atoms with Gasteiger partial charge in [-0.05, 0) is 34.7 Å². The minimum absolute atomic E-state index is 0. The number of benzene rings is 1. The Hall–Kier alpha value is 0.420. The van der Waals surface area contributed by atoms with Gasteiger partial charge in [0.2, 0.25) is 0 Å². The first kappa shape index (κ1) is 11.4. The molecule has 0 bridgehead atoms. The van der Waals surface area contributed by atoms with E-state index < -0.39 is 5.97 Å². The fourth-order valence-corrected chi connectivity index (χ4v) is 1.25. The van der Waals surface area contributed by atoms with Crippen LogP contribution in [0.5, 0.6) is 0 Å². The van der Waals surface area contributed by atoms with Crippen molar-refractivity contribution in [2.24, 2.45) is 0 Å². The third-order valence-electron chi connectivity index (χ3n) is 1.10. The summed E-state index contributed by atoms with van der Waals surface area (Å²) in [4.78, 5) is 10.4. The van der Waals surface area contributed by atoms with E-state index in [1.165, 1.54) is 0 Å². The number of carbonyl (C=O) groups is 1. The fourth-order valence-electron chi connectivity index (χ4n) is 0.635. The van der Waals surface area contributed by atoms with Gasteiger partial charge in [-0.15, -0.1) is 0 Å². The average molecular weight is 272 g/mol. The second-order valence-corrected chi connectivity index (χ2v) is 2.95. The van der Waals surface area contributed by atoms with Crippen LogP contribution in [0.15, 0.2) is 24.3 Å². The molecule has 0 atom stereocenters. The number of hydrogen-bond donors (Lipinski definition) is 1. The Morgan fingerprint density at radius 1 is 1.36 bits per heavy atom. The van der Waals surface area contributed by atoms with Gasteiger partial charge in [-0.1, -0.05) is 12.1 Å². The molecule has 1 rings (SSSR count). The van der Waals surface area contributed by atoms with Crippen LogP contribution < -0.4 is 0 Å². The molecule has 1 aromatic rings. The number of hydrogen-bond acceptors (Lipinski definition) is 1. The molecule has 1 N–H and O–H groups in total. The molecule has 11 heavy (non-hydrogen) atoms. The van der Waals surface area contributed by atoms with E-state index in [1.54, 1.807) is 18.2 Å². The van der Waals surface area contributed by atoms with Crippen molar-refractivity contribution in [2.45, 2.75) is 0 Å². The van der Waals surface area contributed by atoms with Gasteiger partial charge >= 0.3 is 35.5 Å². The summed E-state index contributed by atoms with van der Waals surface area (Å²) in [5, 5.41) is 8.56. The van der Waals surface area contributed by atoms with E-state index >= 15 is 0 Å². The summed E-state index contributed by atoms with van der Waals surface area (Å²) in [5.74, 6) is -0.870. The normalized spacial score (nSPS) is 8.45. The first-order valence-corrected chi connectivity index (χ1v) is 3.77. The van der Waals surface area contributed by atoms with Gasteiger partial charge in [-0.3, -0.25) is 0 Å². The van der Waals surface area contributed by atoms with Crippen LogP contribution in [-0.4, -0.2) is 40.6 Å². The van der Waals surface area contributed by atoms with Crippen LogP contribution in [0.3, 0.4) is 0 Å². The number of rotatable bonds is 1. The van der Waals surface area contributed by atoms with Crippen molar-refractivity contribution in [1.82, 2.24) is 0 Å². The minimum atomic E-state index is -0.870. The molecule has 0 aliphatic carbocycles. The van der Waals surface area contributed by atoms with Gasteiger partial charge in [0.25, 0.3) is 0 Å². The monoisotopic (exact) mass is 272 g/mol. The van der Waals surface area contributed by atoms with Gasteiger partial charge in [-0.2, -0.15) is 0 Å². The Morgan fingerprint density at radius 2 is 1.91 bits per heavy atom. The molecular weight excluding hydrogens is 266 g/mol. The molecule has 0 saturated carbocycles. The first-order chi connectivity index (χ1) is 4.72. The number of carboxylic acids is 1. The van der Waals surface area contributed by atoms with Crippen LogP contribution >= 0.6 is 22.6 Å². The average Bonchev–Trinajstić information content (AvgIpc) is 1.88. The van der Waals surface area contributed by atoms with E-state index in [2.05, 4.69) is 0 Å². The Balaban J connectivity index is 0.000001000. The van der Waals surface area contributed by atoms with E-state index in [0.29, 0.717) is 5.56 Å². The molecule has 0 fully saturated rings. The van der Waals surface area contributed by atoms with Crippen LogP contribution in [0.25, 0.3) is 0 Å². The van der Waals surface area contributed by atoms with Gasteiger partial charge in [0.05, 0.1) is 5.56 Å². The summed E-state index contributed by atoms with van der Waals surface area (Å²) in [6.07, 6.45) is 0. The molecule has 0 aromatic heterocycles. The molecule has 0 saturated heterocycles. The number of aromatic carboxylic acids is 1. The maximum absolute atomic E-state index is 10.4. The van der Waals surface area contributed by atoms with Crippen LogP contribution in [0.2, 0.25) is 0 Å². The number of halogens is 1. The van der Waals surface area contributed by atoms with Gasteiger partial charge in [0.15, 0.2) is 0 Å². The van der Waals surface area contributed by atoms with Crippen LogP contribution in [0.4, 0.5) is 0 Å². The molecule has 54 valence electrons. The van der Waals surface area contributed by atoms with Gasteiger partial charge < -0.3 is 5.11 Å². The van der Waals surface area contributed by atoms with Crippen molar-refractivity contribution >= 4 is 58.1 Å². The Morgan fingerprint density at radius 3 is 2.27 bits per heavy atom. The molecule has 0 aliphatic rings. The molecular formula is C7H6INaO2. The van der Waals surface area contributed by atoms with E-state index in [1.807, 2.05) is 28.7 Å². The van der Waals surface area contributed by atoms with Crippen LogP contribution in [0.1, 0.15) is 10.4 Å². The van der Waals surface area contributed by atoms with E-state index in [-0.39, 0.29) is 29.6 Å². The van der Waals surface area contributed by atoms with Crippen molar-refractivity contribution in [1.29, 1.82) is 0 Å². The van der Waals surface area contributed by atoms with Crippen molar-refractivity contribution in [2.75, 3.05) is 0 Å². The second kappa shape index (κ2) is 5.13. The summed E-state index contributed by atoms with van der Waals surface area (Å²) in [5.41, 5.74) is 0.364. The SMILES string of the molecule is O=C(O)c1ccccc1I.[NaH]. The van der Waals surface area contributed by atoms with Crippen LogP contribution in [0, 0.1) is 3.57 Å². The van der Waals surface area contributed by atoms with Gasteiger partial charge in [0, 0.05) is 3.57 Å².